The van der Waals surface area contributed by atoms with Crippen LogP contribution in [0.25, 0.3) is 0 Å². The Balaban J connectivity index is 1.98. The second kappa shape index (κ2) is 7.98. The van der Waals surface area contributed by atoms with Crippen molar-refractivity contribution in [1.29, 1.82) is 0 Å². The van der Waals surface area contributed by atoms with Gasteiger partial charge in [-0.3, -0.25) is 0 Å². The minimum atomic E-state index is -0.336. The largest absolute Gasteiger partial charge is 0.457 e. The second-order valence-electron chi connectivity index (χ2n) is 4.48. The summed E-state index contributed by atoms with van der Waals surface area (Å²) in [6.07, 6.45) is 0. The van der Waals surface area contributed by atoms with E-state index in [1.807, 2.05) is 12.1 Å². The standard InChI is InChI=1S/C16H17ClFNO2/c1-20-8-7-19-11-12-5-6-15(10-16(12)17)21-14-4-2-3-13(18)9-14/h2-6,9-10,19H,7-8,11H2,1H3. The van der Waals surface area contributed by atoms with Crippen molar-refractivity contribution in [2.24, 2.45) is 0 Å². The minimum absolute atomic E-state index is 0.336. The lowest BCUT2D eigenvalue weighted by molar-refractivity contribution is 0.199. The normalized spacial score (nSPS) is 10.6. The average Bonchev–Trinajstić information content (AvgIpc) is 2.45. The van der Waals surface area contributed by atoms with Crippen molar-refractivity contribution < 1.29 is 13.9 Å². The zero-order chi connectivity index (χ0) is 15.1. The Morgan fingerprint density at radius 2 is 1.95 bits per heavy atom. The maximum Gasteiger partial charge on any atom is 0.130 e. The Kier molecular flexibility index (Phi) is 5.99. The Morgan fingerprint density at radius 1 is 1.14 bits per heavy atom. The highest BCUT2D eigenvalue weighted by Gasteiger charge is 2.04. The van der Waals surface area contributed by atoms with Gasteiger partial charge in [0.05, 0.1) is 6.61 Å². The molecule has 0 heterocycles. The van der Waals surface area contributed by atoms with Gasteiger partial charge in [0.15, 0.2) is 0 Å². The Morgan fingerprint density at radius 3 is 2.67 bits per heavy atom. The van der Waals surface area contributed by atoms with Crippen LogP contribution in [0.2, 0.25) is 5.02 Å². The van der Waals surface area contributed by atoms with Crippen LogP contribution in [0.1, 0.15) is 5.56 Å². The molecule has 0 saturated heterocycles. The topological polar surface area (TPSA) is 30.5 Å². The zero-order valence-electron chi connectivity index (χ0n) is 11.7. The fraction of sp³-hybridized carbons (Fsp3) is 0.250. The molecule has 0 aromatic heterocycles. The molecular formula is C16H17ClFNO2. The Bertz CT molecular complexity index is 592. The number of halogens is 2. The van der Waals surface area contributed by atoms with Crippen LogP contribution in [0.3, 0.4) is 0 Å². The Hall–Kier alpha value is -1.62. The summed E-state index contributed by atoms with van der Waals surface area (Å²) >= 11 is 6.21. The van der Waals surface area contributed by atoms with E-state index in [9.17, 15) is 4.39 Å². The van der Waals surface area contributed by atoms with E-state index in [1.165, 1.54) is 12.1 Å². The SMILES string of the molecule is COCCNCc1ccc(Oc2cccc(F)c2)cc1Cl. The number of nitrogens with one attached hydrogen (secondary N) is 1. The molecule has 3 nitrogen and oxygen atoms in total. The van der Waals surface area contributed by atoms with E-state index < -0.39 is 0 Å². The van der Waals surface area contributed by atoms with E-state index in [4.69, 9.17) is 21.1 Å². The number of hydrogen-bond donors (Lipinski definition) is 1. The first-order valence-corrected chi connectivity index (χ1v) is 6.98. The number of methoxy groups -OCH3 is 1. The quantitative estimate of drug-likeness (QED) is 0.784. The van der Waals surface area contributed by atoms with Crippen LogP contribution in [0.15, 0.2) is 42.5 Å². The Labute approximate surface area is 128 Å². The average molecular weight is 310 g/mol. The monoisotopic (exact) mass is 309 g/mol. The lowest BCUT2D eigenvalue weighted by atomic mass is 10.2. The van der Waals surface area contributed by atoms with Crippen molar-refractivity contribution in [2.45, 2.75) is 6.54 Å². The smallest absolute Gasteiger partial charge is 0.130 e. The third-order valence-corrected chi connectivity index (χ3v) is 3.21. The minimum Gasteiger partial charge on any atom is -0.457 e. The molecule has 0 unspecified atom stereocenters. The molecule has 2 aromatic carbocycles. The molecular weight excluding hydrogens is 293 g/mol. The van der Waals surface area contributed by atoms with Gasteiger partial charge in [-0.2, -0.15) is 0 Å². The summed E-state index contributed by atoms with van der Waals surface area (Å²) < 4.78 is 23.6. The molecule has 21 heavy (non-hydrogen) atoms. The lowest BCUT2D eigenvalue weighted by Gasteiger charge is -2.10. The fourth-order valence-corrected chi connectivity index (χ4v) is 2.04. The van der Waals surface area contributed by atoms with Crippen molar-refractivity contribution in [3.05, 3.63) is 58.9 Å². The van der Waals surface area contributed by atoms with Crippen LogP contribution < -0.4 is 10.1 Å². The van der Waals surface area contributed by atoms with Gasteiger partial charge in [0.1, 0.15) is 17.3 Å². The van der Waals surface area contributed by atoms with Gasteiger partial charge in [0.2, 0.25) is 0 Å². The van der Waals surface area contributed by atoms with Gasteiger partial charge in [-0.15, -0.1) is 0 Å². The van der Waals surface area contributed by atoms with Crippen LogP contribution in [-0.2, 0) is 11.3 Å². The third-order valence-electron chi connectivity index (χ3n) is 2.85. The summed E-state index contributed by atoms with van der Waals surface area (Å²) in [7, 11) is 1.66. The van der Waals surface area contributed by atoms with Gasteiger partial charge in [0, 0.05) is 31.3 Å². The predicted molar refractivity (Wildman–Crippen MR) is 81.5 cm³/mol. The van der Waals surface area contributed by atoms with Crippen molar-refractivity contribution >= 4 is 11.6 Å². The molecule has 0 aliphatic heterocycles. The summed E-state index contributed by atoms with van der Waals surface area (Å²) in [5, 5.41) is 3.83. The molecule has 0 aliphatic rings. The van der Waals surface area contributed by atoms with E-state index in [0.29, 0.717) is 29.7 Å². The highest BCUT2D eigenvalue weighted by atomic mass is 35.5. The van der Waals surface area contributed by atoms with Crippen molar-refractivity contribution in [3.63, 3.8) is 0 Å². The molecule has 0 bridgehead atoms. The first kappa shape index (κ1) is 15.8. The molecule has 2 rings (SSSR count). The van der Waals surface area contributed by atoms with E-state index in [0.717, 1.165) is 12.1 Å². The molecule has 1 N–H and O–H groups in total. The van der Waals surface area contributed by atoms with Crippen LogP contribution in [0, 0.1) is 5.82 Å². The summed E-state index contributed by atoms with van der Waals surface area (Å²) in [4.78, 5) is 0. The van der Waals surface area contributed by atoms with Gasteiger partial charge in [-0.05, 0) is 29.8 Å². The van der Waals surface area contributed by atoms with E-state index >= 15 is 0 Å². The highest BCUT2D eigenvalue weighted by molar-refractivity contribution is 6.31. The molecule has 0 amide bonds. The summed E-state index contributed by atoms with van der Waals surface area (Å²) in [6, 6.07) is 11.4. The molecule has 2 aromatic rings. The van der Waals surface area contributed by atoms with Gasteiger partial charge < -0.3 is 14.8 Å². The summed E-state index contributed by atoms with van der Waals surface area (Å²) in [5.74, 6) is 0.681. The first-order chi connectivity index (χ1) is 10.2. The zero-order valence-corrected chi connectivity index (χ0v) is 12.5. The molecule has 0 atom stereocenters. The van der Waals surface area contributed by atoms with Crippen LogP contribution >= 0.6 is 11.6 Å². The maximum atomic E-state index is 13.1. The van der Waals surface area contributed by atoms with Gasteiger partial charge in [-0.25, -0.2) is 4.39 Å². The van der Waals surface area contributed by atoms with Crippen LogP contribution in [0.4, 0.5) is 4.39 Å². The predicted octanol–water partition coefficient (Wildman–Crippen LogP) is 4.01. The lowest BCUT2D eigenvalue weighted by Crippen LogP contribution is -2.18. The molecule has 0 fully saturated rings. The highest BCUT2D eigenvalue weighted by Crippen LogP contribution is 2.27. The third kappa shape index (κ3) is 5.01. The molecule has 0 radical (unpaired) electrons. The molecule has 0 aliphatic carbocycles. The van der Waals surface area contributed by atoms with Crippen molar-refractivity contribution in [2.75, 3.05) is 20.3 Å². The van der Waals surface area contributed by atoms with Crippen LogP contribution in [0.5, 0.6) is 11.5 Å². The van der Waals surface area contributed by atoms with Crippen molar-refractivity contribution in [3.8, 4) is 11.5 Å². The maximum absolute atomic E-state index is 13.1. The van der Waals surface area contributed by atoms with Crippen LogP contribution in [-0.4, -0.2) is 20.3 Å². The van der Waals surface area contributed by atoms with E-state index in [1.54, 1.807) is 25.3 Å². The number of benzene rings is 2. The summed E-state index contributed by atoms with van der Waals surface area (Å²) in [6.45, 7) is 2.06. The molecule has 5 heteroatoms. The second-order valence-corrected chi connectivity index (χ2v) is 4.89. The molecule has 0 saturated carbocycles. The first-order valence-electron chi connectivity index (χ1n) is 6.60. The van der Waals surface area contributed by atoms with E-state index in [2.05, 4.69) is 5.32 Å². The number of hydrogen-bond acceptors (Lipinski definition) is 3. The van der Waals surface area contributed by atoms with Gasteiger partial charge >= 0.3 is 0 Å². The van der Waals surface area contributed by atoms with Gasteiger partial charge in [-0.1, -0.05) is 23.7 Å². The molecule has 112 valence electrons. The number of ether oxygens (including phenoxy) is 2. The fourth-order valence-electron chi connectivity index (χ4n) is 1.80. The van der Waals surface area contributed by atoms with E-state index in [-0.39, 0.29) is 5.82 Å². The molecule has 0 spiro atoms. The van der Waals surface area contributed by atoms with Gasteiger partial charge in [0.25, 0.3) is 0 Å². The number of rotatable bonds is 7. The summed E-state index contributed by atoms with van der Waals surface area (Å²) in [5.41, 5.74) is 0.972. The van der Waals surface area contributed by atoms with Crippen molar-refractivity contribution in [1.82, 2.24) is 5.32 Å².